The Hall–Kier alpha value is -0.210. The van der Waals surface area contributed by atoms with Crippen LogP contribution in [0.4, 0.5) is 0 Å². The molecular weight excluding hydrogens is 126 g/mol. The lowest BCUT2D eigenvalue weighted by Gasteiger charge is -1.67. The van der Waals surface area contributed by atoms with Gasteiger partial charge in [0.15, 0.2) is 0 Å². The van der Waals surface area contributed by atoms with Gasteiger partial charge in [-0.2, -0.15) is 0 Å². The molecule has 0 aromatic heterocycles. The van der Waals surface area contributed by atoms with Gasteiger partial charge in [-0.15, -0.1) is 11.6 Å². The van der Waals surface area contributed by atoms with Crippen LogP contribution in [0.3, 0.4) is 0 Å². The third kappa shape index (κ3) is 5.79. The van der Waals surface area contributed by atoms with Crippen molar-refractivity contribution < 1.29 is 4.74 Å². The molecule has 0 aromatic carbocycles. The SMILES string of the molecule is C=CN.ClCC1CO1. The van der Waals surface area contributed by atoms with Crippen LogP contribution in [0, 0.1) is 0 Å². The highest BCUT2D eigenvalue weighted by molar-refractivity contribution is 6.18. The lowest BCUT2D eigenvalue weighted by molar-refractivity contribution is 0.425. The molecule has 3 heteroatoms. The first-order valence-corrected chi connectivity index (χ1v) is 2.88. The Balaban J connectivity index is 0.000000145. The molecule has 0 saturated carbocycles. The monoisotopic (exact) mass is 135 g/mol. The minimum Gasteiger partial charge on any atom is -0.405 e. The van der Waals surface area contributed by atoms with Gasteiger partial charge in [-0.25, -0.2) is 0 Å². The molecule has 0 radical (unpaired) electrons. The Morgan fingerprint density at radius 2 is 2.38 bits per heavy atom. The number of nitrogens with two attached hydrogens (primary N) is 1. The van der Waals surface area contributed by atoms with E-state index < -0.39 is 0 Å². The van der Waals surface area contributed by atoms with Crippen LogP contribution in [-0.2, 0) is 4.74 Å². The van der Waals surface area contributed by atoms with Crippen molar-refractivity contribution in [2.45, 2.75) is 6.10 Å². The predicted octanol–water partition coefficient (Wildman–Crippen LogP) is 0.713. The van der Waals surface area contributed by atoms with Gasteiger partial charge in [-0.3, -0.25) is 0 Å². The van der Waals surface area contributed by atoms with Crippen LogP contribution < -0.4 is 5.73 Å². The molecule has 1 saturated heterocycles. The van der Waals surface area contributed by atoms with E-state index >= 15 is 0 Å². The van der Waals surface area contributed by atoms with Crippen LogP contribution in [0.25, 0.3) is 0 Å². The molecule has 2 nitrogen and oxygen atoms in total. The number of rotatable bonds is 1. The van der Waals surface area contributed by atoms with Crippen molar-refractivity contribution in [2.75, 3.05) is 12.5 Å². The average molecular weight is 136 g/mol. The molecule has 0 aliphatic carbocycles. The summed E-state index contributed by atoms with van der Waals surface area (Å²) in [4.78, 5) is 0. The van der Waals surface area contributed by atoms with Crippen LogP contribution in [0.5, 0.6) is 0 Å². The fraction of sp³-hybridized carbons (Fsp3) is 0.600. The van der Waals surface area contributed by atoms with E-state index in [0.29, 0.717) is 12.0 Å². The molecule has 1 aliphatic heterocycles. The van der Waals surface area contributed by atoms with Gasteiger partial charge in [-0.05, 0) is 6.20 Å². The number of hydrogen-bond donors (Lipinski definition) is 1. The van der Waals surface area contributed by atoms with Gasteiger partial charge < -0.3 is 10.5 Å². The Kier molecular flexibility index (Phi) is 4.81. The molecule has 1 aliphatic rings. The second kappa shape index (κ2) is 4.94. The van der Waals surface area contributed by atoms with E-state index in [9.17, 15) is 0 Å². The molecule has 1 unspecified atom stereocenters. The number of hydrogen-bond acceptors (Lipinski definition) is 2. The number of epoxide rings is 1. The molecule has 0 bridgehead atoms. The first-order chi connectivity index (χ1) is 3.85. The van der Waals surface area contributed by atoms with Gasteiger partial charge in [0.1, 0.15) is 0 Å². The number of alkyl halides is 1. The van der Waals surface area contributed by atoms with Gasteiger partial charge in [0, 0.05) is 0 Å². The maximum absolute atomic E-state index is 5.27. The Morgan fingerprint density at radius 1 is 2.00 bits per heavy atom. The second-order valence-electron chi connectivity index (χ2n) is 1.35. The Morgan fingerprint density at radius 3 is 2.38 bits per heavy atom. The largest absolute Gasteiger partial charge is 0.405 e. The summed E-state index contributed by atoms with van der Waals surface area (Å²) >= 11 is 5.27. The van der Waals surface area contributed by atoms with Crippen LogP contribution >= 0.6 is 11.6 Å². The highest BCUT2D eigenvalue weighted by Gasteiger charge is 2.19. The molecule has 2 N–H and O–H groups in total. The van der Waals surface area contributed by atoms with Gasteiger partial charge in [0.05, 0.1) is 18.6 Å². The first kappa shape index (κ1) is 7.79. The van der Waals surface area contributed by atoms with Crippen molar-refractivity contribution >= 4 is 11.6 Å². The third-order valence-corrected chi connectivity index (χ3v) is 0.919. The third-order valence-electron chi connectivity index (χ3n) is 0.574. The molecular formula is C5H10ClNO. The normalized spacial score (nSPS) is 22.9. The summed E-state index contributed by atoms with van der Waals surface area (Å²) in [5, 5.41) is 0. The van der Waals surface area contributed by atoms with E-state index in [4.69, 9.17) is 16.3 Å². The molecule has 48 valence electrons. The van der Waals surface area contributed by atoms with Crippen molar-refractivity contribution in [1.29, 1.82) is 0 Å². The van der Waals surface area contributed by atoms with Crippen molar-refractivity contribution in [1.82, 2.24) is 0 Å². The lowest BCUT2D eigenvalue weighted by atomic mass is 10.6. The van der Waals surface area contributed by atoms with Crippen molar-refractivity contribution in [3.05, 3.63) is 12.8 Å². The van der Waals surface area contributed by atoms with Crippen molar-refractivity contribution in [3.8, 4) is 0 Å². The van der Waals surface area contributed by atoms with Gasteiger partial charge >= 0.3 is 0 Å². The van der Waals surface area contributed by atoms with Crippen LogP contribution in [-0.4, -0.2) is 18.6 Å². The molecule has 1 heterocycles. The predicted molar refractivity (Wildman–Crippen MR) is 34.8 cm³/mol. The smallest absolute Gasteiger partial charge is 0.0944 e. The van der Waals surface area contributed by atoms with Gasteiger partial charge in [0.25, 0.3) is 0 Å². The number of ether oxygens (including phenoxy) is 1. The quantitative estimate of drug-likeness (QED) is 0.425. The topological polar surface area (TPSA) is 38.5 Å². The standard InChI is InChI=1S/C3H5ClO.C2H5N/c4-1-3-2-5-3;1-2-3/h3H,1-2H2;2H,1,3H2. The Bertz CT molecular complexity index is 63.4. The number of halogens is 1. The summed E-state index contributed by atoms with van der Waals surface area (Å²) in [6.07, 6.45) is 1.65. The fourth-order valence-electron chi connectivity index (χ4n) is 0.157. The van der Waals surface area contributed by atoms with E-state index in [0.717, 1.165) is 6.61 Å². The molecule has 0 aromatic rings. The zero-order chi connectivity index (χ0) is 6.41. The summed E-state index contributed by atoms with van der Waals surface area (Å²) in [5.74, 6) is 0.667. The zero-order valence-corrected chi connectivity index (χ0v) is 5.40. The highest BCUT2D eigenvalue weighted by atomic mass is 35.5. The molecule has 1 atom stereocenters. The summed E-state index contributed by atoms with van der Waals surface area (Å²) in [7, 11) is 0. The van der Waals surface area contributed by atoms with Crippen LogP contribution in [0.1, 0.15) is 0 Å². The van der Waals surface area contributed by atoms with Crippen LogP contribution in [0.2, 0.25) is 0 Å². The maximum Gasteiger partial charge on any atom is 0.0944 e. The summed E-state index contributed by atoms with van der Waals surface area (Å²) in [5.41, 5.74) is 4.61. The van der Waals surface area contributed by atoms with Crippen molar-refractivity contribution in [3.63, 3.8) is 0 Å². The minimum atomic E-state index is 0.400. The molecule has 1 fully saturated rings. The van der Waals surface area contributed by atoms with Gasteiger partial charge in [0.2, 0.25) is 0 Å². The molecule has 1 rings (SSSR count). The maximum atomic E-state index is 5.27. The second-order valence-corrected chi connectivity index (χ2v) is 1.65. The van der Waals surface area contributed by atoms with E-state index in [-0.39, 0.29) is 0 Å². The minimum absolute atomic E-state index is 0.400. The molecule has 0 amide bonds. The Labute approximate surface area is 54.3 Å². The van der Waals surface area contributed by atoms with E-state index in [1.807, 2.05) is 0 Å². The van der Waals surface area contributed by atoms with E-state index in [2.05, 4.69) is 12.3 Å². The van der Waals surface area contributed by atoms with E-state index in [1.54, 1.807) is 0 Å². The zero-order valence-electron chi connectivity index (χ0n) is 4.64. The summed E-state index contributed by atoms with van der Waals surface area (Å²) in [6.45, 7) is 4.02. The average Bonchev–Trinajstić information content (AvgIpc) is 2.48. The first-order valence-electron chi connectivity index (χ1n) is 2.35. The molecule has 8 heavy (non-hydrogen) atoms. The molecule has 0 spiro atoms. The van der Waals surface area contributed by atoms with E-state index in [1.165, 1.54) is 6.20 Å². The van der Waals surface area contributed by atoms with Crippen LogP contribution in [0.15, 0.2) is 12.8 Å². The fourth-order valence-corrected chi connectivity index (χ4v) is 0.335. The summed E-state index contributed by atoms with van der Waals surface area (Å²) < 4.78 is 4.73. The highest BCUT2D eigenvalue weighted by Crippen LogP contribution is 2.08. The summed E-state index contributed by atoms with van der Waals surface area (Å²) in [6, 6.07) is 0. The van der Waals surface area contributed by atoms with Gasteiger partial charge in [-0.1, -0.05) is 6.58 Å². The van der Waals surface area contributed by atoms with Crippen molar-refractivity contribution in [2.24, 2.45) is 5.73 Å². The lowest BCUT2D eigenvalue weighted by Crippen LogP contribution is -1.80.